The molecule has 0 radical (unpaired) electrons. The average molecular weight is 316 g/mol. The zero-order valence-corrected chi connectivity index (χ0v) is 12.6. The highest BCUT2D eigenvalue weighted by atomic mass is 35.5. The molecule has 0 unspecified atom stereocenters. The van der Waals surface area contributed by atoms with Crippen molar-refractivity contribution in [2.24, 2.45) is 0 Å². The Bertz CT molecular complexity index is 708. The van der Waals surface area contributed by atoms with E-state index >= 15 is 0 Å². The Morgan fingerprint density at radius 2 is 1.77 bits per heavy atom. The van der Waals surface area contributed by atoms with Gasteiger partial charge in [-0.1, -0.05) is 23.7 Å². The molecule has 1 N–H and O–H groups in total. The standard InChI is InChI=1S/C17H14ClNO3/c1-22-17(21)14-4-2-3-5-15(14)19-11-10-16(20)12-6-8-13(18)9-7-12/h2-11,19H,1H3. The van der Waals surface area contributed by atoms with Crippen LogP contribution in [0.5, 0.6) is 0 Å². The molecular formula is C17H14ClNO3. The largest absolute Gasteiger partial charge is 0.465 e. The number of rotatable bonds is 5. The van der Waals surface area contributed by atoms with Gasteiger partial charge in [0.2, 0.25) is 0 Å². The van der Waals surface area contributed by atoms with Crippen LogP contribution in [0, 0.1) is 0 Å². The second-order valence-electron chi connectivity index (χ2n) is 4.39. The van der Waals surface area contributed by atoms with Crippen LogP contribution in [0.2, 0.25) is 5.02 Å². The molecule has 2 aromatic carbocycles. The number of esters is 1. The average Bonchev–Trinajstić information content (AvgIpc) is 2.55. The van der Waals surface area contributed by atoms with Crippen molar-refractivity contribution in [3.8, 4) is 0 Å². The summed E-state index contributed by atoms with van der Waals surface area (Å²) in [5.74, 6) is -0.611. The van der Waals surface area contributed by atoms with Gasteiger partial charge in [-0.3, -0.25) is 4.79 Å². The maximum absolute atomic E-state index is 12.0. The van der Waals surface area contributed by atoms with Gasteiger partial charge in [0, 0.05) is 22.9 Å². The summed E-state index contributed by atoms with van der Waals surface area (Å²) in [6, 6.07) is 13.5. The predicted molar refractivity (Wildman–Crippen MR) is 86.3 cm³/mol. The fraction of sp³-hybridized carbons (Fsp3) is 0.0588. The van der Waals surface area contributed by atoms with Gasteiger partial charge >= 0.3 is 5.97 Å². The third-order valence-electron chi connectivity index (χ3n) is 2.93. The molecule has 0 amide bonds. The van der Waals surface area contributed by atoms with Gasteiger partial charge in [0.15, 0.2) is 5.78 Å². The zero-order valence-electron chi connectivity index (χ0n) is 11.9. The Morgan fingerprint density at radius 1 is 1.09 bits per heavy atom. The molecule has 0 heterocycles. The van der Waals surface area contributed by atoms with Gasteiger partial charge in [0.05, 0.1) is 18.4 Å². The summed E-state index contributed by atoms with van der Waals surface area (Å²) in [5, 5.41) is 3.49. The Morgan fingerprint density at radius 3 is 2.45 bits per heavy atom. The lowest BCUT2D eigenvalue weighted by Crippen LogP contribution is -2.05. The summed E-state index contributed by atoms with van der Waals surface area (Å²) in [7, 11) is 1.32. The molecule has 0 aliphatic heterocycles. The summed E-state index contributed by atoms with van der Waals surface area (Å²) in [5.41, 5.74) is 1.49. The lowest BCUT2D eigenvalue weighted by Gasteiger charge is -2.06. The summed E-state index contributed by atoms with van der Waals surface area (Å²) in [6.07, 6.45) is 2.87. The van der Waals surface area contributed by atoms with Crippen molar-refractivity contribution < 1.29 is 14.3 Å². The lowest BCUT2D eigenvalue weighted by atomic mass is 10.1. The van der Waals surface area contributed by atoms with E-state index in [1.54, 1.807) is 48.5 Å². The highest BCUT2D eigenvalue weighted by Crippen LogP contribution is 2.16. The predicted octanol–water partition coefficient (Wildman–Crippen LogP) is 3.94. The van der Waals surface area contributed by atoms with E-state index < -0.39 is 5.97 Å². The number of nitrogens with one attached hydrogen (secondary N) is 1. The van der Waals surface area contributed by atoms with Crippen molar-refractivity contribution >= 4 is 29.0 Å². The van der Waals surface area contributed by atoms with Crippen molar-refractivity contribution in [2.75, 3.05) is 12.4 Å². The first kappa shape index (κ1) is 15.8. The van der Waals surface area contributed by atoms with Gasteiger partial charge in [-0.25, -0.2) is 4.79 Å². The molecule has 0 atom stereocenters. The maximum atomic E-state index is 12.0. The number of methoxy groups -OCH3 is 1. The smallest absolute Gasteiger partial charge is 0.339 e. The van der Waals surface area contributed by atoms with Gasteiger partial charge in [0.25, 0.3) is 0 Å². The number of carbonyl (C=O) groups is 2. The van der Waals surface area contributed by atoms with Crippen LogP contribution in [0.3, 0.4) is 0 Å². The molecule has 2 aromatic rings. The summed E-state index contributed by atoms with van der Waals surface area (Å²) in [4.78, 5) is 23.6. The number of ketones is 1. The number of halogens is 1. The van der Waals surface area contributed by atoms with Crippen LogP contribution in [-0.4, -0.2) is 18.9 Å². The van der Waals surface area contributed by atoms with Crippen molar-refractivity contribution in [3.05, 3.63) is 77.0 Å². The molecule has 0 spiro atoms. The third kappa shape index (κ3) is 3.96. The molecule has 22 heavy (non-hydrogen) atoms. The van der Waals surface area contributed by atoms with E-state index in [0.29, 0.717) is 21.8 Å². The molecule has 0 aliphatic carbocycles. The minimum Gasteiger partial charge on any atom is -0.465 e. The van der Waals surface area contributed by atoms with E-state index in [1.165, 1.54) is 19.4 Å². The fourth-order valence-electron chi connectivity index (χ4n) is 1.81. The van der Waals surface area contributed by atoms with Crippen molar-refractivity contribution in [1.82, 2.24) is 0 Å². The zero-order chi connectivity index (χ0) is 15.9. The van der Waals surface area contributed by atoms with Crippen molar-refractivity contribution in [3.63, 3.8) is 0 Å². The molecule has 0 saturated heterocycles. The molecule has 0 fully saturated rings. The second kappa shape index (κ2) is 7.43. The highest BCUT2D eigenvalue weighted by Gasteiger charge is 2.09. The van der Waals surface area contributed by atoms with Gasteiger partial charge in [-0.2, -0.15) is 0 Å². The molecule has 0 saturated carbocycles. The number of anilines is 1. The molecule has 0 aliphatic rings. The van der Waals surface area contributed by atoms with Gasteiger partial charge in [0.1, 0.15) is 0 Å². The first-order valence-corrected chi connectivity index (χ1v) is 6.90. The van der Waals surface area contributed by atoms with Crippen LogP contribution in [0.1, 0.15) is 20.7 Å². The van der Waals surface area contributed by atoms with Crippen LogP contribution in [0.25, 0.3) is 0 Å². The minimum atomic E-state index is -0.444. The normalized spacial score (nSPS) is 10.5. The molecule has 0 aromatic heterocycles. The Kier molecular flexibility index (Phi) is 5.33. The minimum absolute atomic E-state index is 0.167. The van der Waals surface area contributed by atoms with Crippen molar-refractivity contribution in [1.29, 1.82) is 0 Å². The van der Waals surface area contributed by atoms with Crippen LogP contribution in [-0.2, 0) is 4.74 Å². The quantitative estimate of drug-likeness (QED) is 0.516. The Hall–Kier alpha value is -2.59. The van der Waals surface area contributed by atoms with E-state index in [-0.39, 0.29) is 5.78 Å². The monoisotopic (exact) mass is 315 g/mol. The van der Waals surface area contributed by atoms with Crippen LogP contribution in [0.15, 0.2) is 60.8 Å². The number of ether oxygens (including phenoxy) is 1. The van der Waals surface area contributed by atoms with E-state index in [9.17, 15) is 9.59 Å². The maximum Gasteiger partial charge on any atom is 0.339 e. The van der Waals surface area contributed by atoms with Crippen molar-refractivity contribution in [2.45, 2.75) is 0 Å². The highest BCUT2D eigenvalue weighted by molar-refractivity contribution is 6.30. The molecule has 0 bridgehead atoms. The molecule has 2 rings (SSSR count). The molecule has 4 nitrogen and oxygen atoms in total. The summed E-state index contributed by atoms with van der Waals surface area (Å²) >= 11 is 5.78. The Balaban J connectivity index is 2.08. The number of benzene rings is 2. The van der Waals surface area contributed by atoms with Gasteiger partial charge < -0.3 is 10.1 Å². The Labute approximate surface area is 133 Å². The number of hydrogen-bond donors (Lipinski definition) is 1. The van der Waals surface area contributed by atoms with Gasteiger partial charge in [-0.15, -0.1) is 0 Å². The molecule has 5 heteroatoms. The summed E-state index contributed by atoms with van der Waals surface area (Å²) < 4.78 is 4.70. The SMILES string of the molecule is COC(=O)c1ccccc1NC=CC(=O)c1ccc(Cl)cc1. The number of allylic oxidation sites excluding steroid dienone is 1. The number of carbonyl (C=O) groups excluding carboxylic acids is 2. The fourth-order valence-corrected chi connectivity index (χ4v) is 1.94. The van der Waals surface area contributed by atoms with E-state index in [4.69, 9.17) is 16.3 Å². The van der Waals surface area contributed by atoms with Gasteiger partial charge in [-0.05, 0) is 36.4 Å². The lowest BCUT2D eigenvalue weighted by molar-refractivity contribution is 0.0602. The van der Waals surface area contributed by atoms with E-state index in [1.807, 2.05) is 0 Å². The number of hydrogen-bond acceptors (Lipinski definition) is 4. The van der Waals surface area contributed by atoms with E-state index in [0.717, 1.165) is 0 Å². The molecule has 112 valence electrons. The molecular weight excluding hydrogens is 302 g/mol. The summed E-state index contributed by atoms with van der Waals surface area (Å²) in [6.45, 7) is 0. The van der Waals surface area contributed by atoms with Crippen LogP contribution in [0.4, 0.5) is 5.69 Å². The first-order valence-electron chi connectivity index (χ1n) is 6.52. The van der Waals surface area contributed by atoms with E-state index in [2.05, 4.69) is 5.32 Å². The number of para-hydroxylation sites is 1. The topological polar surface area (TPSA) is 55.4 Å². The van der Waals surface area contributed by atoms with Crippen LogP contribution >= 0.6 is 11.6 Å². The van der Waals surface area contributed by atoms with Crippen LogP contribution < -0.4 is 5.32 Å². The first-order chi connectivity index (χ1) is 10.6. The third-order valence-corrected chi connectivity index (χ3v) is 3.19. The second-order valence-corrected chi connectivity index (χ2v) is 4.82.